The number of aryl methyl sites for hydroxylation is 2. The normalized spacial score (nSPS) is 10.9. The molecule has 34 heavy (non-hydrogen) atoms. The zero-order valence-corrected chi connectivity index (χ0v) is 20.4. The van der Waals surface area contributed by atoms with E-state index in [0.29, 0.717) is 6.42 Å². The van der Waals surface area contributed by atoms with E-state index < -0.39 is 0 Å². The summed E-state index contributed by atoms with van der Waals surface area (Å²) in [6.07, 6.45) is 4.29. The van der Waals surface area contributed by atoms with Crippen LogP contribution in [0.4, 0.5) is 11.5 Å². The molecule has 0 saturated carbocycles. The molecule has 0 saturated heterocycles. The number of halogens is 1. The highest BCUT2D eigenvalue weighted by atomic mass is 35.5. The van der Waals surface area contributed by atoms with Crippen LogP contribution in [0.25, 0.3) is 21.8 Å². The third kappa shape index (κ3) is 4.98. The third-order valence-electron chi connectivity index (χ3n) is 5.47. The lowest BCUT2D eigenvalue weighted by Gasteiger charge is -2.15. The van der Waals surface area contributed by atoms with Crippen molar-refractivity contribution in [1.82, 2.24) is 19.9 Å². The van der Waals surface area contributed by atoms with Gasteiger partial charge in [-0.25, -0.2) is 15.0 Å². The molecule has 1 N–H and O–H groups in total. The Labute approximate surface area is 207 Å². The van der Waals surface area contributed by atoms with E-state index in [1.807, 2.05) is 62.4 Å². The molecule has 0 aliphatic carbocycles. The van der Waals surface area contributed by atoms with Crippen LogP contribution in [-0.4, -0.2) is 19.9 Å². The van der Waals surface area contributed by atoms with Crippen molar-refractivity contribution in [2.75, 3.05) is 5.32 Å². The molecule has 0 bridgehead atoms. The minimum atomic E-state index is 0.715. The second-order valence-electron chi connectivity index (χ2n) is 7.97. The van der Waals surface area contributed by atoms with Gasteiger partial charge in [-0.3, -0.25) is 4.98 Å². The van der Waals surface area contributed by atoms with Crippen molar-refractivity contribution in [2.24, 2.45) is 0 Å². The number of hydrogen-bond acceptors (Lipinski definition) is 6. The van der Waals surface area contributed by atoms with Crippen molar-refractivity contribution in [3.8, 4) is 21.8 Å². The summed E-state index contributed by atoms with van der Waals surface area (Å²) in [7, 11) is 0. The van der Waals surface area contributed by atoms with Crippen LogP contribution < -0.4 is 5.32 Å². The van der Waals surface area contributed by atoms with E-state index in [2.05, 4.69) is 32.8 Å². The third-order valence-corrected chi connectivity index (χ3v) is 6.62. The summed E-state index contributed by atoms with van der Waals surface area (Å²) in [6.45, 7) is 3.94. The number of rotatable bonds is 6. The fourth-order valence-corrected chi connectivity index (χ4v) is 4.74. The Balaban J connectivity index is 1.44. The van der Waals surface area contributed by atoms with Gasteiger partial charge in [0.15, 0.2) is 0 Å². The van der Waals surface area contributed by atoms with E-state index in [0.717, 1.165) is 61.0 Å². The maximum absolute atomic E-state index is 6.06. The maximum Gasteiger partial charge on any atom is 0.137 e. The zero-order chi connectivity index (χ0) is 23.5. The molecule has 168 valence electrons. The molecule has 0 fully saturated rings. The van der Waals surface area contributed by atoms with Crippen LogP contribution in [0.1, 0.15) is 22.6 Å². The standard InChI is InChI=1S/C27H22ClN5S/c1-17-24(14-19-6-8-22(28)9-7-19)26(31-18(2)30-17)32-23-5-3-4-21(15-23)25-16-34-27(33-25)20-10-12-29-13-11-20/h3-13,15-16H,14H2,1-2H3,(H,30,31,32). The number of aromatic nitrogens is 4. The van der Waals surface area contributed by atoms with E-state index in [4.69, 9.17) is 21.6 Å². The van der Waals surface area contributed by atoms with Gasteiger partial charge in [0.2, 0.25) is 0 Å². The first-order chi connectivity index (χ1) is 16.5. The topological polar surface area (TPSA) is 63.6 Å². The SMILES string of the molecule is Cc1nc(C)c(Cc2ccc(Cl)cc2)c(Nc2cccc(-c3csc(-c4ccncc4)n3)c2)n1. The van der Waals surface area contributed by atoms with Crippen LogP contribution in [0.5, 0.6) is 0 Å². The van der Waals surface area contributed by atoms with Gasteiger partial charge in [0.25, 0.3) is 0 Å². The number of thiazole rings is 1. The molecule has 5 rings (SSSR count). The quantitative estimate of drug-likeness (QED) is 0.275. The molecule has 0 radical (unpaired) electrons. The molecule has 0 spiro atoms. The molecule has 0 amide bonds. The Hall–Kier alpha value is -3.61. The van der Waals surface area contributed by atoms with Crippen molar-refractivity contribution in [1.29, 1.82) is 0 Å². The monoisotopic (exact) mass is 483 g/mol. The molecular weight excluding hydrogens is 462 g/mol. The molecule has 2 aromatic carbocycles. The van der Waals surface area contributed by atoms with Crippen LogP contribution >= 0.6 is 22.9 Å². The predicted molar refractivity (Wildman–Crippen MR) is 140 cm³/mol. The summed E-state index contributed by atoms with van der Waals surface area (Å²) in [5.41, 5.74) is 7.18. The Morgan fingerprint density at radius 1 is 0.882 bits per heavy atom. The van der Waals surface area contributed by atoms with E-state index in [9.17, 15) is 0 Å². The highest BCUT2D eigenvalue weighted by Crippen LogP contribution is 2.31. The minimum Gasteiger partial charge on any atom is -0.340 e. The molecule has 0 aliphatic heterocycles. The van der Waals surface area contributed by atoms with Gasteiger partial charge >= 0.3 is 0 Å². The van der Waals surface area contributed by atoms with Gasteiger partial charge in [0.05, 0.1) is 5.69 Å². The number of nitrogens with zero attached hydrogens (tertiary/aromatic N) is 4. The molecule has 0 atom stereocenters. The van der Waals surface area contributed by atoms with E-state index in [1.165, 1.54) is 0 Å². The average Bonchev–Trinajstić information content (AvgIpc) is 3.34. The largest absolute Gasteiger partial charge is 0.340 e. The van der Waals surface area contributed by atoms with Gasteiger partial charge in [-0.1, -0.05) is 35.9 Å². The number of hydrogen-bond donors (Lipinski definition) is 1. The Bertz CT molecular complexity index is 1430. The summed E-state index contributed by atoms with van der Waals surface area (Å²) < 4.78 is 0. The van der Waals surface area contributed by atoms with Crippen molar-refractivity contribution in [3.05, 3.63) is 106 Å². The van der Waals surface area contributed by atoms with Gasteiger partial charge in [-0.15, -0.1) is 11.3 Å². The lowest BCUT2D eigenvalue weighted by atomic mass is 10.0. The molecule has 0 unspecified atom stereocenters. The Kier molecular flexibility index (Phi) is 6.34. The fourth-order valence-electron chi connectivity index (χ4n) is 3.78. The lowest BCUT2D eigenvalue weighted by molar-refractivity contribution is 0.965. The smallest absolute Gasteiger partial charge is 0.137 e. The molecule has 5 aromatic rings. The highest BCUT2D eigenvalue weighted by molar-refractivity contribution is 7.13. The van der Waals surface area contributed by atoms with Crippen LogP contribution in [0.15, 0.2) is 78.4 Å². The number of anilines is 2. The van der Waals surface area contributed by atoms with Crippen LogP contribution in [-0.2, 0) is 6.42 Å². The maximum atomic E-state index is 6.06. The van der Waals surface area contributed by atoms with Gasteiger partial charge in [-0.2, -0.15) is 0 Å². The summed E-state index contributed by atoms with van der Waals surface area (Å²) in [5, 5.41) is 7.31. The average molecular weight is 484 g/mol. The first-order valence-corrected chi connectivity index (χ1v) is 12.1. The van der Waals surface area contributed by atoms with Crippen LogP contribution in [0.2, 0.25) is 5.02 Å². The van der Waals surface area contributed by atoms with Crippen LogP contribution in [0, 0.1) is 13.8 Å². The van der Waals surface area contributed by atoms with Gasteiger partial charge in [0.1, 0.15) is 16.6 Å². The second kappa shape index (κ2) is 9.71. The lowest BCUT2D eigenvalue weighted by Crippen LogP contribution is -2.06. The number of nitrogens with one attached hydrogen (secondary N) is 1. The van der Waals surface area contributed by atoms with Crippen LogP contribution in [0.3, 0.4) is 0 Å². The Morgan fingerprint density at radius 2 is 1.68 bits per heavy atom. The second-order valence-corrected chi connectivity index (χ2v) is 9.26. The summed E-state index contributed by atoms with van der Waals surface area (Å²) in [4.78, 5) is 18.2. The first-order valence-electron chi connectivity index (χ1n) is 10.9. The number of pyridine rings is 1. The molecule has 0 aliphatic rings. The van der Waals surface area contributed by atoms with E-state index >= 15 is 0 Å². The Morgan fingerprint density at radius 3 is 2.47 bits per heavy atom. The summed E-state index contributed by atoms with van der Waals surface area (Å²) >= 11 is 7.69. The zero-order valence-electron chi connectivity index (χ0n) is 18.8. The van der Waals surface area contributed by atoms with Crippen molar-refractivity contribution in [2.45, 2.75) is 20.3 Å². The van der Waals surface area contributed by atoms with Gasteiger partial charge in [-0.05, 0) is 55.8 Å². The molecular formula is C27H22ClN5S. The summed E-state index contributed by atoms with van der Waals surface area (Å²) in [6, 6.07) is 20.1. The minimum absolute atomic E-state index is 0.715. The van der Waals surface area contributed by atoms with Gasteiger partial charge < -0.3 is 5.32 Å². The van der Waals surface area contributed by atoms with Crippen molar-refractivity contribution >= 4 is 34.4 Å². The molecule has 3 aromatic heterocycles. The molecule has 5 nitrogen and oxygen atoms in total. The van der Waals surface area contributed by atoms with Gasteiger partial charge in [0, 0.05) is 57.3 Å². The van der Waals surface area contributed by atoms with Crippen molar-refractivity contribution in [3.63, 3.8) is 0 Å². The summed E-state index contributed by atoms with van der Waals surface area (Å²) in [5.74, 6) is 1.55. The highest BCUT2D eigenvalue weighted by Gasteiger charge is 2.13. The van der Waals surface area contributed by atoms with E-state index in [-0.39, 0.29) is 0 Å². The van der Waals surface area contributed by atoms with E-state index in [1.54, 1.807) is 23.7 Å². The fraction of sp³-hybridized carbons (Fsp3) is 0.111. The predicted octanol–water partition coefficient (Wildman–Crippen LogP) is 7.27. The first kappa shape index (κ1) is 22.2. The van der Waals surface area contributed by atoms with Crippen molar-refractivity contribution < 1.29 is 0 Å². The number of benzene rings is 2. The molecule has 3 heterocycles. The molecule has 7 heteroatoms.